The van der Waals surface area contributed by atoms with Crippen molar-refractivity contribution < 1.29 is 4.79 Å². The number of hydrogen-bond donors (Lipinski definition) is 2. The lowest BCUT2D eigenvalue weighted by molar-refractivity contribution is -0.112. The van der Waals surface area contributed by atoms with Crippen molar-refractivity contribution in [1.82, 2.24) is 5.32 Å². The molecule has 0 aromatic heterocycles. The normalized spacial score (nSPS) is 15.7. The summed E-state index contributed by atoms with van der Waals surface area (Å²) in [6, 6.07) is 9.55. The minimum Gasteiger partial charge on any atom is -0.387 e. The average molecular weight is 334 g/mol. The van der Waals surface area contributed by atoms with E-state index in [4.69, 9.17) is 5.26 Å². The lowest BCUT2D eigenvalue weighted by atomic mass is 10.2. The molecule has 1 amide bonds. The number of amides is 1. The van der Waals surface area contributed by atoms with Gasteiger partial charge in [0.25, 0.3) is 5.91 Å². The zero-order valence-electron chi connectivity index (χ0n) is 11.0. The maximum Gasteiger partial charge on any atom is 0.267 e. The molecule has 0 aliphatic heterocycles. The molecule has 1 fully saturated rings. The fourth-order valence-corrected chi connectivity index (χ4v) is 2.44. The van der Waals surface area contributed by atoms with Crippen molar-refractivity contribution in [3.05, 3.63) is 40.5 Å². The van der Waals surface area contributed by atoms with Gasteiger partial charge in [-0.2, -0.15) is 5.26 Å². The summed E-state index contributed by atoms with van der Waals surface area (Å²) in [4.78, 5) is 12.0. The Labute approximate surface area is 127 Å². The van der Waals surface area contributed by atoms with Gasteiger partial charge in [0.2, 0.25) is 0 Å². The second kappa shape index (κ2) is 7.11. The first-order valence-corrected chi connectivity index (χ1v) is 7.41. The van der Waals surface area contributed by atoms with Crippen LogP contribution in [0.4, 0.5) is 5.69 Å². The molecular formula is C15H16BrN3O. The van der Waals surface area contributed by atoms with E-state index in [0.29, 0.717) is 11.7 Å². The quantitative estimate of drug-likeness (QED) is 0.656. The Morgan fingerprint density at radius 1 is 1.30 bits per heavy atom. The van der Waals surface area contributed by atoms with Crippen LogP contribution >= 0.6 is 15.9 Å². The predicted molar refractivity (Wildman–Crippen MR) is 81.9 cm³/mol. The zero-order valence-corrected chi connectivity index (χ0v) is 12.6. The molecule has 0 unspecified atom stereocenters. The van der Waals surface area contributed by atoms with Gasteiger partial charge in [-0.3, -0.25) is 4.79 Å². The smallest absolute Gasteiger partial charge is 0.267 e. The Kier molecular flexibility index (Phi) is 5.19. The SMILES string of the molecule is N#C/C(=C/NC1CCCC1)C(=O)Nc1ccc(Br)cc1. The van der Waals surface area contributed by atoms with Crippen LogP contribution in [-0.2, 0) is 4.79 Å². The maximum absolute atomic E-state index is 12.0. The Balaban J connectivity index is 1.96. The van der Waals surface area contributed by atoms with E-state index in [0.717, 1.165) is 17.3 Å². The molecule has 4 nitrogen and oxygen atoms in total. The fourth-order valence-electron chi connectivity index (χ4n) is 2.17. The molecule has 1 aromatic carbocycles. The lowest BCUT2D eigenvalue weighted by Crippen LogP contribution is -2.23. The summed E-state index contributed by atoms with van der Waals surface area (Å²) in [7, 11) is 0. The summed E-state index contributed by atoms with van der Waals surface area (Å²) < 4.78 is 0.939. The summed E-state index contributed by atoms with van der Waals surface area (Å²) in [6.07, 6.45) is 6.15. The van der Waals surface area contributed by atoms with Gasteiger partial charge in [0, 0.05) is 22.4 Å². The van der Waals surface area contributed by atoms with E-state index in [1.165, 1.54) is 19.0 Å². The number of nitriles is 1. The molecule has 0 saturated heterocycles. The van der Waals surface area contributed by atoms with Crippen molar-refractivity contribution in [1.29, 1.82) is 5.26 Å². The molecule has 0 bridgehead atoms. The van der Waals surface area contributed by atoms with Crippen LogP contribution in [0, 0.1) is 11.3 Å². The largest absolute Gasteiger partial charge is 0.387 e. The molecule has 1 aromatic rings. The summed E-state index contributed by atoms with van der Waals surface area (Å²) in [5.41, 5.74) is 0.764. The Bertz CT molecular complexity index is 539. The molecule has 104 valence electrons. The molecule has 1 aliphatic rings. The number of halogens is 1. The van der Waals surface area contributed by atoms with Gasteiger partial charge in [0.1, 0.15) is 11.6 Å². The lowest BCUT2D eigenvalue weighted by Gasteiger charge is -2.09. The van der Waals surface area contributed by atoms with Gasteiger partial charge in [-0.05, 0) is 37.1 Å². The Morgan fingerprint density at radius 3 is 2.55 bits per heavy atom. The molecular weight excluding hydrogens is 318 g/mol. The minimum absolute atomic E-state index is 0.0971. The first-order chi connectivity index (χ1) is 9.69. The molecule has 0 spiro atoms. The number of hydrogen-bond acceptors (Lipinski definition) is 3. The summed E-state index contributed by atoms with van der Waals surface area (Å²) in [5, 5.41) is 14.9. The van der Waals surface area contributed by atoms with Crippen LogP contribution < -0.4 is 10.6 Å². The van der Waals surface area contributed by atoms with Crippen molar-refractivity contribution in [3.8, 4) is 6.07 Å². The van der Waals surface area contributed by atoms with E-state index in [-0.39, 0.29) is 11.5 Å². The number of nitrogens with zero attached hydrogens (tertiary/aromatic N) is 1. The molecule has 0 radical (unpaired) electrons. The monoisotopic (exact) mass is 333 g/mol. The van der Waals surface area contributed by atoms with E-state index in [1.807, 2.05) is 18.2 Å². The Morgan fingerprint density at radius 2 is 1.95 bits per heavy atom. The van der Waals surface area contributed by atoms with Gasteiger partial charge < -0.3 is 10.6 Å². The molecule has 1 aliphatic carbocycles. The van der Waals surface area contributed by atoms with Crippen LogP contribution in [0.25, 0.3) is 0 Å². The molecule has 20 heavy (non-hydrogen) atoms. The van der Waals surface area contributed by atoms with E-state index < -0.39 is 0 Å². The van der Waals surface area contributed by atoms with Crippen LogP contribution in [0.3, 0.4) is 0 Å². The second-order valence-corrected chi connectivity index (χ2v) is 5.69. The highest BCUT2D eigenvalue weighted by molar-refractivity contribution is 9.10. The standard InChI is InChI=1S/C15H16BrN3O/c16-12-5-7-14(8-6-12)19-15(20)11(9-17)10-18-13-3-1-2-4-13/h5-8,10,13,18H,1-4H2,(H,19,20)/b11-10-. The first kappa shape index (κ1) is 14.6. The van der Waals surface area contributed by atoms with Gasteiger partial charge >= 0.3 is 0 Å². The second-order valence-electron chi connectivity index (χ2n) is 4.78. The van der Waals surface area contributed by atoms with Gasteiger partial charge in [0.05, 0.1) is 0 Å². The van der Waals surface area contributed by atoms with Gasteiger partial charge in [-0.1, -0.05) is 28.8 Å². The fraction of sp³-hybridized carbons (Fsp3) is 0.333. The number of nitrogens with one attached hydrogen (secondary N) is 2. The topological polar surface area (TPSA) is 64.9 Å². The van der Waals surface area contributed by atoms with Crippen LogP contribution in [0.2, 0.25) is 0 Å². The number of anilines is 1. The van der Waals surface area contributed by atoms with Gasteiger partial charge in [-0.15, -0.1) is 0 Å². The van der Waals surface area contributed by atoms with Gasteiger partial charge in [0.15, 0.2) is 0 Å². The summed E-state index contributed by atoms with van der Waals surface area (Å²) in [5.74, 6) is -0.389. The van der Waals surface area contributed by atoms with Crippen molar-refractivity contribution in [2.24, 2.45) is 0 Å². The number of benzene rings is 1. The van der Waals surface area contributed by atoms with Crippen LogP contribution in [0.15, 0.2) is 40.5 Å². The van der Waals surface area contributed by atoms with Crippen LogP contribution in [-0.4, -0.2) is 11.9 Å². The highest BCUT2D eigenvalue weighted by Crippen LogP contribution is 2.18. The Hall–Kier alpha value is -1.80. The molecule has 2 rings (SSSR count). The maximum atomic E-state index is 12.0. The van der Waals surface area contributed by atoms with E-state index in [2.05, 4.69) is 26.6 Å². The highest BCUT2D eigenvalue weighted by atomic mass is 79.9. The van der Waals surface area contributed by atoms with E-state index in [9.17, 15) is 4.79 Å². The van der Waals surface area contributed by atoms with Crippen molar-refractivity contribution in [2.75, 3.05) is 5.32 Å². The number of carbonyl (C=O) groups excluding carboxylic acids is 1. The molecule has 0 heterocycles. The molecule has 1 saturated carbocycles. The van der Waals surface area contributed by atoms with Crippen molar-refractivity contribution >= 4 is 27.5 Å². The predicted octanol–water partition coefficient (Wildman–Crippen LogP) is 3.33. The molecule has 5 heteroatoms. The van der Waals surface area contributed by atoms with Crippen LogP contribution in [0.5, 0.6) is 0 Å². The first-order valence-electron chi connectivity index (χ1n) is 6.62. The van der Waals surface area contributed by atoms with Crippen molar-refractivity contribution in [2.45, 2.75) is 31.7 Å². The highest BCUT2D eigenvalue weighted by Gasteiger charge is 2.14. The number of rotatable bonds is 4. The van der Waals surface area contributed by atoms with E-state index >= 15 is 0 Å². The third kappa shape index (κ3) is 4.10. The third-order valence-electron chi connectivity index (χ3n) is 3.29. The van der Waals surface area contributed by atoms with Gasteiger partial charge in [-0.25, -0.2) is 0 Å². The number of carbonyl (C=O) groups is 1. The summed E-state index contributed by atoms with van der Waals surface area (Å²) >= 11 is 3.33. The average Bonchev–Trinajstić information content (AvgIpc) is 2.95. The van der Waals surface area contributed by atoms with E-state index in [1.54, 1.807) is 12.1 Å². The molecule has 0 atom stereocenters. The van der Waals surface area contributed by atoms with Crippen molar-refractivity contribution in [3.63, 3.8) is 0 Å². The van der Waals surface area contributed by atoms with Crippen LogP contribution in [0.1, 0.15) is 25.7 Å². The summed E-state index contributed by atoms with van der Waals surface area (Å²) in [6.45, 7) is 0. The zero-order chi connectivity index (χ0) is 14.4. The minimum atomic E-state index is -0.389. The third-order valence-corrected chi connectivity index (χ3v) is 3.81. The molecule has 2 N–H and O–H groups in total.